The molecule has 112 valence electrons. The summed E-state index contributed by atoms with van der Waals surface area (Å²) in [5.41, 5.74) is 1.66. The van der Waals surface area contributed by atoms with Gasteiger partial charge in [0, 0.05) is 18.8 Å². The van der Waals surface area contributed by atoms with Crippen molar-refractivity contribution in [3.63, 3.8) is 0 Å². The highest BCUT2D eigenvalue weighted by Crippen LogP contribution is 2.11. The zero-order valence-electron chi connectivity index (χ0n) is 12.4. The maximum atomic E-state index is 10.5. The molecule has 0 saturated heterocycles. The molecule has 0 aliphatic rings. The minimum absolute atomic E-state index is 0.338. The number of rotatable bonds is 4. The van der Waals surface area contributed by atoms with E-state index in [1.54, 1.807) is 30.3 Å². The molecule has 1 N–H and O–H groups in total. The number of nitrogens with zero attached hydrogens (tertiary/aromatic N) is 1. The van der Waals surface area contributed by atoms with Crippen LogP contribution in [0, 0.1) is 0 Å². The Hall–Kier alpha value is -2.33. The number of carbonyl (C=O) groups is 1. The molecule has 0 unspecified atom stereocenters. The van der Waals surface area contributed by atoms with Crippen molar-refractivity contribution in [3.05, 3.63) is 66.2 Å². The topological polar surface area (TPSA) is 49.8 Å². The van der Waals surface area contributed by atoms with Gasteiger partial charge in [-0.3, -0.25) is 4.89 Å². The van der Waals surface area contributed by atoms with Gasteiger partial charge in [0.05, 0.1) is 5.56 Å². The molecule has 2 rings (SSSR count). The number of para-hydroxylation sites is 1. The van der Waals surface area contributed by atoms with Crippen molar-refractivity contribution in [2.24, 2.45) is 0 Å². The number of anilines is 1. The molecule has 21 heavy (non-hydrogen) atoms. The maximum absolute atomic E-state index is 10.5. The van der Waals surface area contributed by atoms with E-state index in [2.05, 4.69) is 47.9 Å². The van der Waals surface area contributed by atoms with Gasteiger partial charge in [0.15, 0.2) is 0 Å². The van der Waals surface area contributed by atoms with Crippen molar-refractivity contribution < 1.29 is 14.9 Å². The second kappa shape index (κ2) is 9.55. The minimum atomic E-state index is -0.736. The maximum Gasteiger partial charge on any atom is 0.372 e. The number of carbonyl (C=O) groups excluding carboxylic acids is 1. The van der Waals surface area contributed by atoms with E-state index in [-0.39, 0.29) is 0 Å². The van der Waals surface area contributed by atoms with E-state index < -0.39 is 5.97 Å². The first-order valence-corrected chi connectivity index (χ1v) is 6.93. The van der Waals surface area contributed by atoms with E-state index >= 15 is 0 Å². The van der Waals surface area contributed by atoms with Crippen molar-refractivity contribution in [1.82, 2.24) is 0 Å². The van der Waals surface area contributed by atoms with Crippen LogP contribution in [0.2, 0.25) is 0 Å². The number of hydrogen-bond donors (Lipinski definition) is 1. The summed E-state index contributed by atoms with van der Waals surface area (Å²) in [7, 11) is 0. The second-order valence-corrected chi connectivity index (χ2v) is 4.25. The third-order valence-corrected chi connectivity index (χ3v) is 2.98. The zero-order valence-corrected chi connectivity index (χ0v) is 12.4. The van der Waals surface area contributed by atoms with Crippen LogP contribution < -0.4 is 4.90 Å². The summed E-state index contributed by atoms with van der Waals surface area (Å²) in [6, 6.07) is 18.7. The summed E-state index contributed by atoms with van der Waals surface area (Å²) in [6.07, 6.45) is 0. The van der Waals surface area contributed by atoms with Gasteiger partial charge in [-0.1, -0.05) is 36.4 Å². The number of benzene rings is 2. The Labute approximate surface area is 125 Å². The molecule has 0 fully saturated rings. The average molecular weight is 287 g/mol. The monoisotopic (exact) mass is 287 g/mol. The van der Waals surface area contributed by atoms with Crippen molar-refractivity contribution >= 4 is 11.7 Å². The average Bonchev–Trinajstić information content (AvgIpc) is 2.57. The van der Waals surface area contributed by atoms with Gasteiger partial charge in [0.25, 0.3) is 0 Å². The van der Waals surface area contributed by atoms with Crippen LogP contribution in [-0.2, 0) is 4.89 Å². The van der Waals surface area contributed by atoms with Crippen LogP contribution in [0.25, 0.3) is 0 Å². The van der Waals surface area contributed by atoms with Crippen LogP contribution >= 0.6 is 0 Å². The lowest BCUT2D eigenvalue weighted by Gasteiger charge is -2.20. The van der Waals surface area contributed by atoms with E-state index in [1.165, 1.54) is 5.69 Å². The second-order valence-electron chi connectivity index (χ2n) is 4.25. The molecule has 0 aliphatic heterocycles. The summed E-state index contributed by atoms with van der Waals surface area (Å²) in [5.74, 6) is -0.736. The van der Waals surface area contributed by atoms with Crippen molar-refractivity contribution in [3.8, 4) is 0 Å². The Morgan fingerprint density at radius 2 is 1.43 bits per heavy atom. The summed E-state index contributed by atoms with van der Waals surface area (Å²) < 4.78 is 0. The molecular weight excluding hydrogens is 266 g/mol. The fourth-order valence-electron chi connectivity index (χ4n) is 1.85. The van der Waals surface area contributed by atoms with Gasteiger partial charge >= 0.3 is 5.97 Å². The quantitative estimate of drug-likeness (QED) is 0.685. The van der Waals surface area contributed by atoms with E-state index in [1.807, 2.05) is 6.07 Å². The van der Waals surface area contributed by atoms with Crippen LogP contribution in [0.5, 0.6) is 0 Å². The molecule has 0 amide bonds. The Morgan fingerprint density at radius 3 is 1.86 bits per heavy atom. The van der Waals surface area contributed by atoms with Crippen LogP contribution in [0.15, 0.2) is 60.7 Å². The first-order valence-electron chi connectivity index (χ1n) is 6.93. The van der Waals surface area contributed by atoms with Crippen LogP contribution in [0.4, 0.5) is 5.69 Å². The summed E-state index contributed by atoms with van der Waals surface area (Å²) in [4.78, 5) is 16.4. The molecule has 0 aliphatic carbocycles. The molecule has 0 aromatic heterocycles. The highest BCUT2D eigenvalue weighted by molar-refractivity contribution is 5.88. The van der Waals surface area contributed by atoms with Gasteiger partial charge in [0.1, 0.15) is 0 Å². The molecule has 4 nitrogen and oxygen atoms in total. The van der Waals surface area contributed by atoms with E-state index in [9.17, 15) is 4.79 Å². The lowest BCUT2D eigenvalue weighted by Crippen LogP contribution is -2.21. The Balaban J connectivity index is 0.000000211. The van der Waals surface area contributed by atoms with E-state index in [0.29, 0.717) is 5.56 Å². The predicted octanol–water partition coefficient (Wildman–Crippen LogP) is 3.85. The lowest BCUT2D eigenvalue weighted by atomic mass is 10.2. The van der Waals surface area contributed by atoms with Gasteiger partial charge in [-0.15, -0.1) is 0 Å². The van der Waals surface area contributed by atoms with Gasteiger partial charge in [-0.2, -0.15) is 5.26 Å². The fraction of sp³-hybridized carbons (Fsp3) is 0.235. The largest absolute Gasteiger partial charge is 0.372 e. The standard InChI is InChI=1S/C10H15N.C7H6O3/c1-3-11(4-2)10-8-6-5-7-9-10;8-7(10-9)6-4-2-1-3-5-6/h5-9H,3-4H2,1-2H3;1-5,9H. The Kier molecular flexibility index (Phi) is 7.61. The van der Waals surface area contributed by atoms with Crippen molar-refractivity contribution in [2.45, 2.75) is 13.8 Å². The molecule has 2 aromatic rings. The third kappa shape index (κ3) is 5.67. The zero-order chi connectivity index (χ0) is 15.5. The highest BCUT2D eigenvalue weighted by atomic mass is 17.1. The lowest BCUT2D eigenvalue weighted by molar-refractivity contribution is -0.182. The van der Waals surface area contributed by atoms with Gasteiger partial charge in [0.2, 0.25) is 0 Å². The number of hydrogen-bond acceptors (Lipinski definition) is 4. The van der Waals surface area contributed by atoms with Crippen molar-refractivity contribution in [2.75, 3.05) is 18.0 Å². The smallest absolute Gasteiger partial charge is 0.372 e. The fourth-order valence-corrected chi connectivity index (χ4v) is 1.85. The predicted molar refractivity (Wildman–Crippen MR) is 84.5 cm³/mol. The molecule has 0 bridgehead atoms. The molecule has 0 saturated carbocycles. The SMILES string of the molecule is CCN(CC)c1ccccc1.O=C(OO)c1ccccc1. The molecule has 2 aromatic carbocycles. The molecule has 0 atom stereocenters. The van der Waals surface area contributed by atoms with E-state index in [4.69, 9.17) is 5.26 Å². The van der Waals surface area contributed by atoms with Crippen molar-refractivity contribution in [1.29, 1.82) is 0 Å². The van der Waals surface area contributed by atoms with E-state index in [0.717, 1.165) is 13.1 Å². The summed E-state index contributed by atoms with van der Waals surface area (Å²) in [5, 5.41) is 7.94. The third-order valence-electron chi connectivity index (χ3n) is 2.98. The van der Waals surface area contributed by atoms with Crippen LogP contribution in [0.3, 0.4) is 0 Å². The van der Waals surface area contributed by atoms with Crippen LogP contribution in [0.1, 0.15) is 24.2 Å². The Bertz CT molecular complexity index is 510. The van der Waals surface area contributed by atoms with Gasteiger partial charge < -0.3 is 4.90 Å². The molecule has 0 spiro atoms. The normalized spacial score (nSPS) is 9.29. The summed E-state index contributed by atoms with van der Waals surface area (Å²) in [6.45, 7) is 6.52. The van der Waals surface area contributed by atoms with Gasteiger partial charge in [-0.25, -0.2) is 4.79 Å². The highest BCUT2D eigenvalue weighted by Gasteiger charge is 2.02. The molecule has 0 heterocycles. The summed E-state index contributed by atoms with van der Waals surface area (Å²) >= 11 is 0. The molecule has 0 radical (unpaired) electrons. The van der Waals surface area contributed by atoms with Crippen LogP contribution in [-0.4, -0.2) is 24.3 Å². The first kappa shape index (κ1) is 16.7. The van der Waals surface area contributed by atoms with Gasteiger partial charge in [-0.05, 0) is 38.1 Å². The first-order chi connectivity index (χ1) is 10.2. The molecule has 4 heteroatoms. The minimum Gasteiger partial charge on any atom is -0.372 e. The Morgan fingerprint density at radius 1 is 0.952 bits per heavy atom. The molecular formula is C17H21NO3.